The molecule has 3 rings (SSSR count). The maximum atomic E-state index is 11.6. The first-order valence-corrected chi connectivity index (χ1v) is 8.14. The third-order valence-corrected chi connectivity index (χ3v) is 4.28. The van der Waals surface area contributed by atoms with Crippen molar-refractivity contribution in [2.75, 3.05) is 6.61 Å². The van der Waals surface area contributed by atoms with Crippen LogP contribution >= 0.6 is 11.6 Å². The van der Waals surface area contributed by atoms with Gasteiger partial charge in [0.05, 0.1) is 30.5 Å². The average Bonchev–Trinajstić information content (AvgIpc) is 3.07. The van der Waals surface area contributed by atoms with Crippen LogP contribution in [-0.2, 0) is 9.53 Å². The Morgan fingerprint density at radius 2 is 2.24 bits per heavy atom. The number of aromatic amines is 1. The van der Waals surface area contributed by atoms with Crippen molar-refractivity contribution in [1.82, 2.24) is 10.2 Å². The van der Waals surface area contributed by atoms with E-state index in [0.29, 0.717) is 16.6 Å². The summed E-state index contributed by atoms with van der Waals surface area (Å²) in [6.45, 7) is 2.01. The predicted molar refractivity (Wildman–Crippen MR) is 93.9 cm³/mol. The highest BCUT2D eigenvalue weighted by molar-refractivity contribution is 6.31. The van der Waals surface area contributed by atoms with Gasteiger partial charge in [0.25, 0.3) is 0 Å². The van der Waals surface area contributed by atoms with Crippen molar-refractivity contribution in [2.24, 2.45) is 10.9 Å². The van der Waals surface area contributed by atoms with Gasteiger partial charge in [0, 0.05) is 22.6 Å². The minimum atomic E-state index is -0.601. The molecule has 0 spiro atoms. The first-order valence-electron chi connectivity index (χ1n) is 7.76. The average molecular weight is 355 g/mol. The van der Waals surface area contributed by atoms with E-state index in [4.69, 9.17) is 16.3 Å². The van der Waals surface area contributed by atoms with Crippen LogP contribution in [-0.4, -0.2) is 28.5 Å². The van der Waals surface area contributed by atoms with Crippen LogP contribution in [0.25, 0.3) is 0 Å². The quantitative estimate of drug-likeness (QED) is 0.671. The van der Waals surface area contributed by atoms with Gasteiger partial charge in [-0.1, -0.05) is 29.8 Å². The molecule has 2 aromatic rings. The van der Waals surface area contributed by atoms with E-state index in [0.717, 1.165) is 11.1 Å². The van der Waals surface area contributed by atoms with Gasteiger partial charge < -0.3 is 4.74 Å². The number of ether oxygens (including phenoxy) is 1. The number of aliphatic imine (C=N–C) groups is 1. The number of aromatic nitrogens is 2. The van der Waals surface area contributed by atoms with Crippen molar-refractivity contribution < 1.29 is 9.53 Å². The fourth-order valence-corrected chi connectivity index (χ4v) is 3.11. The third kappa shape index (κ3) is 3.32. The number of halogens is 1. The van der Waals surface area contributed by atoms with Crippen molar-refractivity contribution >= 4 is 29.1 Å². The minimum absolute atomic E-state index is 0.282. The van der Waals surface area contributed by atoms with Crippen molar-refractivity contribution in [2.45, 2.75) is 12.8 Å². The molecule has 2 unspecified atom stereocenters. The van der Waals surface area contributed by atoms with Crippen molar-refractivity contribution in [1.29, 1.82) is 5.26 Å². The highest BCUT2D eigenvalue weighted by atomic mass is 35.5. The van der Waals surface area contributed by atoms with Crippen LogP contribution < -0.4 is 0 Å². The normalized spacial score (nSPS) is 19.2. The van der Waals surface area contributed by atoms with Crippen molar-refractivity contribution in [3.63, 3.8) is 0 Å². The number of H-pyrrole nitrogens is 1. The summed E-state index contributed by atoms with van der Waals surface area (Å²) >= 11 is 6.36. The van der Waals surface area contributed by atoms with E-state index in [1.807, 2.05) is 18.2 Å². The van der Waals surface area contributed by atoms with E-state index in [-0.39, 0.29) is 12.5 Å². The van der Waals surface area contributed by atoms with E-state index in [1.165, 1.54) is 12.2 Å². The Balaban J connectivity index is 2.06. The van der Waals surface area contributed by atoms with Crippen LogP contribution in [0.3, 0.4) is 0 Å². The zero-order chi connectivity index (χ0) is 17.8. The number of hydrogen-bond donors (Lipinski definition) is 1. The molecule has 6 nitrogen and oxygen atoms in total. The molecule has 7 heteroatoms. The number of allylic oxidation sites excluding steroid dienone is 1. The van der Waals surface area contributed by atoms with Crippen LogP contribution in [0.2, 0.25) is 5.02 Å². The molecule has 2 heterocycles. The molecular weight excluding hydrogens is 340 g/mol. The smallest absolute Gasteiger partial charge is 0.330 e. The monoisotopic (exact) mass is 354 g/mol. The Hall–Kier alpha value is -2.91. The summed E-state index contributed by atoms with van der Waals surface area (Å²) in [5.41, 5.74) is 2.07. The summed E-state index contributed by atoms with van der Waals surface area (Å²) in [6, 6.07) is 9.65. The molecule has 0 radical (unpaired) electrons. The van der Waals surface area contributed by atoms with Gasteiger partial charge in [-0.2, -0.15) is 10.4 Å². The second-order valence-corrected chi connectivity index (χ2v) is 5.81. The number of nitrogens with one attached hydrogen (secondary N) is 1. The molecule has 0 saturated heterocycles. The number of benzene rings is 1. The standard InChI is InChI=1S/C18H15ClN4O2/c1-2-25-16(24)8-7-15-12(9-20)17(11-5-3-4-6-14(11)19)13-10-21-23-18(13)22-15/h3-8,10,12,17H,2H2,1H3,(H,21,23). The second kappa shape index (κ2) is 7.32. The molecule has 0 aliphatic carbocycles. The lowest BCUT2D eigenvalue weighted by molar-refractivity contribution is -0.137. The molecule has 1 N–H and O–H groups in total. The Morgan fingerprint density at radius 1 is 1.44 bits per heavy atom. The molecule has 1 aliphatic heterocycles. The minimum Gasteiger partial charge on any atom is -0.463 e. The first kappa shape index (κ1) is 16.9. The first-order chi connectivity index (χ1) is 12.2. The summed E-state index contributed by atoms with van der Waals surface area (Å²) in [5.74, 6) is -0.853. The fraction of sp³-hybridized carbons (Fsp3) is 0.222. The maximum Gasteiger partial charge on any atom is 0.330 e. The predicted octanol–water partition coefficient (Wildman–Crippen LogP) is 3.54. The van der Waals surface area contributed by atoms with E-state index >= 15 is 0 Å². The van der Waals surface area contributed by atoms with Gasteiger partial charge in [-0.05, 0) is 24.6 Å². The molecule has 0 fully saturated rings. The number of carbonyl (C=O) groups is 1. The molecule has 126 valence electrons. The van der Waals surface area contributed by atoms with Gasteiger partial charge in [-0.25, -0.2) is 9.79 Å². The molecular formula is C18H15ClN4O2. The topological polar surface area (TPSA) is 91.1 Å². The van der Waals surface area contributed by atoms with Gasteiger partial charge in [0.2, 0.25) is 0 Å². The fourth-order valence-electron chi connectivity index (χ4n) is 2.85. The van der Waals surface area contributed by atoms with E-state index in [2.05, 4.69) is 21.3 Å². The number of esters is 1. The summed E-state index contributed by atoms with van der Waals surface area (Å²) < 4.78 is 4.88. The van der Waals surface area contributed by atoms with Gasteiger partial charge >= 0.3 is 5.97 Å². The van der Waals surface area contributed by atoms with Crippen LogP contribution in [0.15, 0.2) is 47.6 Å². The lowest BCUT2D eigenvalue weighted by Gasteiger charge is -2.26. The van der Waals surface area contributed by atoms with Gasteiger partial charge in [0.1, 0.15) is 0 Å². The lowest BCUT2D eigenvalue weighted by Crippen LogP contribution is -2.24. The van der Waals surface area contributed by atoms with Gasteiger partial charge in [0.15, 0.2) is 5.82 Å². The molecule has 2 atom stereocenters. The van der Waals surface area contributed by atoms with Gasteiger partial charge in [-0.3, -0.25) is 5.10 Å². The second-order valence-electron chi connectivity index (χ2n) is 5.40. The SMILES string of the molecule is CCOC(=O)C=CC1=Nc2[nH]ncc2C(c2ccccc2Cl)C1C#N. The van der Waals surface area contributed by atoms with Crippen LogP contribution in [0.5, 0.6) is 0 Å². The number of carbonyl (C=O) groups excluding carboxylic acids is 1. The molecule has 1 aromatic carbocycles. The third-order valence-electron chi connectivity index (χ3n) is 3.93. The van der Waals surface area contributed by atoms with Gasteiger partial charge in [-0.15, -0.1) is 0 Å². The largest absolute Gasteiger partial charge is 0.463 e. The number of nitrogens with zero attached hydrogens (tertiary/aromatic N) is 3. The Morgan fingerprint density at radius 3 is 2.96 bits per heavy atom. The van der Waals surface area contributed by atoms with Crippen LogP contribution in [0.4, 0.5) is 5.82 Å². The molecule has 25 heavy (non-hydrogen) atoms. The van der Waals surface area contributed by atoms with Crippen LogP contribution in [0.1, 0.15) is 24.0 Å². The summed E-state index contributed by atoms with van der Waals surface area (Å²) in [6.07, 6.45) is 4.44. The van der Waals surface area contributed by atoms with E-state index < -0.39 is 11.9 Å². The number of hydrogen-bond acceptors (Lipinski definition) is 5. The number of rotatable bonds is 4. The zero-order valence-corrected chi connectivity index (χ0v) is 14.2. The highest BCUT2D eigenvalue weighted by Crippen LogP contribution is 2.43. The lowest BCUT2D eigenvalue weighted by atomic mass is 9.78. The zero-order valence-electron chi connectivity index (χ0n) is 13.4. The molecule has 0 amide bonds. The van der Waals surface area contributed by atoms with Crippen molar-refractivity contribution in [3.8, 4) is 6.07 Å². The molecule has 1 aliphatic rings. The molecule has 1 aromatic heterocycles. The summed E-state index contributed by atoms with van der Waals surface area (Å²) in [7, 11) is 0. The Bertz CT molecular complexity index is 894. The summed E-state index contributed by atoms with van der Waals surface area (Å²) in [5, 5.41) is 17.2. The maximum absolute atomic E-state index is 11.6. The number of fused-ring (bicyclic) bond motifs is 1. The van der Waals surface area contributed by atoms with E-state index in [1.54, 1.807) is 19.2 Å². The molecule has 0 bridgehead atoms. The Labute approximate surface area is 149 Å². The number of nitriles is 1. The summed E-state index contributed by atoms with van der Waals surface area (Å²) in [4.78, 5) is 16.0. The van der Waals surface area contributed by atoms with Crippen molar-refractivity contribution in [3.05, 3.63) is 58.8 Å². The Kier molecular flexibility index (Phi) is 4.96. The highest BCUT2D eigenvalue weighted by Gasteiger charge is 2.35. The van der Waals surface area contributed by atoms with E-state index in [9.17, 15) is 10.1 Å². The molecule has 0 saturated carbocycles. The van der Waals surface area contributed by atoms with Crippen LogP contribution in [0, 0.1) is 17.2 Å².